The second kappa shape index (κ2) is 6.95. The number of hydrogen-bond acceptors (Lipinski definition) is 4. The van der Waals surface area contributed by atoms with Crippen molar-refractivity contribution in [3.8, 4) is 0 Å². The third-order valence-electron chi connectivity index (χ3n) is 5.94. The van der Waals surface area contributed by atoms with Gasteiger partial charge in [-0.15, -0.1) is 0 Å². The molecule has 0 aromatic rings. The quantitative estimate of drug-likeness (QED) is 0.831. The minimum Gasteiger partial charge on any atom is -0.396 e. The lowest BCUT2D eigenvalue weighted by Gasteiger charge is -2.29. The molecule has 3 aliphatic rings. The van der Waals surface area contributed by atoms with Crippen molar-refractivity contribution in [3.63, 3.8) is 0 Å². The van der Waals surface area contributed by atoms with Crippen LogP contribution in [0.15, 0.2) is 0 Å². The predicted octanol–water partition coefficient (Wildman–Crippen LogP) is 1.79. The van der Waals surface area contributed by atoms with Crippen LogP contribution < -0.4 is 0 Å². The van der Waals surface area contributed by atoms with Gasteiger partial charge in [0.15, 0.2) is 0 Å². The molecule has 2 N–H and O–H groups in total. The van der Waals surface area contributed by atoms with Gasteiger partial charge < -0.3 is 19.8 Å². The van der Waals surface area contributed by atoms with Gasteiger partial charge in [0.05, 0.1) is 11.7 Å². The second-order valence-corrected chi connectivity index (χ2v) is 7.48. The van der Waals surface area contributed by atoms with Crippen molar-refractivity contribution in [2.24, 2.45) is 11.8 Å². The molecule has 0 bridgehead atoms. The first-order valence-electron chi connectivity index (χ1n) is 8.86. The molecule has 3 rings (SSSR count). The van der Waals surface area contributed by atoms with Gasteiger partial charge in [-0.3, -0.25) is 0 Å². The van der Waals surface area contributed by atoms with Gasteiger partial charge in [0.2, 0.25) is 0 Å². The Morgan fingerprint density at radius 2 is 1.52 bits per heavy atom. The molecule has 4 heteroatoms. The molecule has 2 heterocycles. The maximum Gasteiger partial charge on any atom is 0.0710 e. The zero-order valence-electron chi connectivity index (χ0n) is 13.2. The molecule has 2 aliphatic heterocycles. The Morgan fingerprint density at radius 3 is 2.10 bits per heavy atom. The fraction of sp³-hybridized carbons (Fsp3) is 1.00. The molecule has 1 aliphatic carbocycles. The lowest BCUT2D eigenvalue weighted by Crippen LogP contribution is -2.34. The van der Waals surface area contributed by atoms with E-state index in [2.05, 4.69) is 4.90 Å². The number of aliphatic hydroxyl groups excluding tert-OH is 2. The molecular formula is C17H31NO3. The maximum absolute atomic E-state index is 9.41. The predicted molar refractivity (Wildman–Crippen MR) is 82.1 cm³/mol. The summed E-state index contributed by atoms with van der Waals surface area (Å²) < 4.78 is 6.50. The van der Waals surface area contributed by atoms with Gasteiger partial charge in [-0.05, 0) is 25.7 Å². The van der Waals surface area contributed by atoms with Gasteiger partial charge in [0.1, 0.15) is 0 Å². The standard InChI is InChI=1S/C17H31NO3/c19-12-14-9-18(10-15(14)13-20)11-16-5-8-17(21-16)6-3-1-2-4-7-17/h14-16,19-20H,1-13H2/t14-,15+,16?. The first kappa shape index (κ1) is 15.7. The highest BCUT2D eigenvalue weighted by molar-refractivity contribution is 4.92. The van der Waals surface area contributed by atoms with Crippen LogP contribution in [0.25, 0.3) is 0 Å². The largest absolute Gasteiger partial charge is 0.396 e. The number of hydrogen-bond donors (Lipinski definition) is 2. The van der Waals surface area contributed by atoms with E-state index in [-0.39, 0.29) is 30.7 Å². The Bertz CT molecular complexity index is 316. The molecule has 2 saturated heterocycles. The molecule has 3 atom stereocenters. The van der Waals surface area contributed by atoms with Crippen molar-refractivity contribution in [2.75, 3.05) is 32.8 Å². The number of likely N-dealkylation sites (tertiary alicyclic amines) is 1. The van der Waals surface area contributed by atoms with Crippen LogP contribution in [0.1, 0.15) is 51.4 Å². The van der Waals surface area contributed by atoms with Crippen molar-refractivity contribution in [3.05, 3.63) is 0 Å². The van der Waals surface area contributed by atoms with E-state index in [1.54, 1.807) is 0 Å². The van der Waals surface area contributed by atoms with Crippen LogP contribution in [0.3, 0.4) is 0 Å². The third kappa shape index (κ3) is 3.61. The second-order valence-electron chi connectivity index (χ2n) is 7.48. The Labute approximate surface area is 128 Å². The van der Waals surface area contributed by atoms with Gasteiger partial charge in [0.25, 0.3) is 0 Å². The van der Waals surface area contributed by atoms with E-state index in [1.807, 2.05) is 0 Å². The average Bonchev–Trinajstić information content (AvgIpc) is 2.99. The lowest BCUT2D eigenvalue weighted by atomic mass is 9.91. The highest BCUT2D eigenvalue weighted by atomic mass is 16.5. The maximum atomic E-state index is 9.41. The summed E-state index contributed by atoms with van der Waals surface area (Å²) in [6.07, 6.45) is 10.7. The van der Waals surface area contributed by atoms with Crippen molar-refractivity contribution >= 4 is 0 Å². The van der Waals surface area contributed by atoms with E-state index < -0.39 is 0 Å². The molecule has 0 aromatic heterocycles. The normalized spacial score (nSPS) is 37.1. The fourth-order valence-electron chi connectivity index (χ4n) is 4.65. The number of ether oxygens (including phenoxy) is 1. The van der Waals surface area contributed by atoms with Crippen LogP contribution in [0, 0.1) is 11.8 Å². The van der Waals surface area contributed by atoms with Crippen molar-refractivity contribution in [1.29, 1.82) is 0 Å². The molecule has 1 unspecified atom stereocenters. The van der Waals surface area contributed by atoms with Crippen LogP contribution in [-0.4, -0.2) is 59.7 Å². The van der Waals surface area contributed by atoms with Gasteiger partial charge >= 0.3 is 0 Å². The zero-order chi connectivity index (χ0) is 14.7. The van der Waals surface area contributed by atoms with E-state index in [0.29, 0.717) is 6.10 Å². The Morgan fingerprint density at radius 1 is 0.905 bits per heavy atom. The van der Waals surface area contributed by atoms with Crippen molar-refractivity contribution < 1.29 is 14.9 Å². The molecule has 1 saturated carbocycles. The van der Waals surface area contributed by atoms with Gasteiger partial charge in [-0.1, -0.05) is 25.7 Å². The smallest absolute Gasteiger partial charge is 0.0710 e. The van der Waals surface area contributed by atoms with Crippen LogP contribution in [-0.2, 0) is 4.74 Å². The Balaban J connectivity index is 1.51. The summed E-state index contributed by atoms with van der Waals surface area (Å²) in [6.45, 7) is 3.19. The highest BCUT2D eigenvalue weighted by Gasteiger charge is 2.41. The summed E-state index contributed by atoms with van der Waals surface area (Å²) in [5, 5.41) is 18.8. The van der Waals surface area contributed by atoms with Crippen LogP contribution >= 0.6 is 0 Å². The minimum atomic E-state index is 0.188. The summed E-state index contributed by atoms with van der Waals surface area (Å²) in [7, 11) is 0. The van der Waals surface area contributed by atoms with Crippen molar-refractivity contribution in [2.45, 2.75) is 63.1 Å². The summed E-state index contributed by atoms with van der Waals surface area (Å²) in [4.78, 5) is 2.39. The molecule has 0 aromatic carbocycles. The van der Waals surface area contributed by atoms with Crippen LogP contribution in [0.4, 0.5) is 0 Å². The first-order chi connectivity index (χ1) is 10.2. The molecule has 122 valence electrons. The number of rotatable bonds is 4. The van der Waals surface area contributed by atoms with Gasteiger partial charge in [-0.25, -0.2) is 0 Å². The molecule has 4 nitrogen and oxygen atoms in total. The zero-order valence-corrected chi connectivity index (χ0v) is 13.2. The van der Waals surface area contributed by atoms with E-state index in [9.17, 15) is 10.2 Å². The molecule has 0 radical (unpaired) electrons. The van der Waals surface area contributed by atoms with Crippen LogP contribution in [0.5, 0.6) is 0 Å². The van der Waals surface area contributed by atoms with Gasteiger partial charge in [0, 0.05) is 44.7 Å². The number of nitrogens with zero attached hydrogens (tertiary/aromatic N) is 1. The summed E-state index contributed by atoms with van der Waals surface area (Å²) in [5.41, 5.74) is 0.188. The first-order valence-corrected chi connectivity index (χ1v) is 8.86. The van der Waals surface area contributed by atoms with E-state index in [1.165, 1.54) is 51.4 Å². The fourth-order valence-corrected chi connectivity index (χ4v) is 4.65. The lowest BCUT2D eigenvalue weighted by molar-refractivity contribution is -0.0591. The topological polar surface area (TPSA) is 52.9 Å². The van der Waals surface area contributed by atoms with Crippen molar-refractivity contribution in [1.82, 2.24) is 4.90 Å². The van der Waals surface area contributed by atoms with Gasteiger partial charge in [-0.2, -0.15) is 0 Å². The summed E-state index contributed by atoms with van der Waals surface area (Å²) >= 11 is 0. The van der Waals surface area contributed by atoms with E-state index in [4.69, 9.17) is 4.74 Å². The minimum absolute atomic E-state index is 0.188. The average molecular weight is 297 g/mol. The molecule has 3 fully saturated rings. The molecule has 0 amide bonds. The summed E-state index contributed by atoms with van der Waals surface area (Å²) in [6, 6.07) is 0. The Hall–Kier alpha value is -0.160. The summed E-state index contributed by atoms with van der Waals surface area (Å²) in [5.74, 6) is 0.478. The molecule has 1 spiro atoms. The highest BCUT2D eigenvalue weighted by Crippen LogP contribution is 2.41. The van der Waals surface area contributed by atoms with E-state index in [0.717, 1.165) is 19.6 Å². The third-order valence-corrected chi connectivity index (χ3v) is 5.94. The molecular weight excluding hydrogens is 266 g/mol. The SMILES string of the molecule is OC[C@@H]1CN(CC2CCC3(CCCCCC3)O2)C[C@@H]1CO. The molecule has 21 heavy (non-hydrogen) atoms. The Kier molecular flexibility index (Phi) is 5.20. The monoisotopic (exact) mass is 297 g/mol. The van der Waals surface area contributed by atoms with Crippen LogP contribution in [0.2, 0.25) is 0 Å². The van der Waals surface area contributed by atoms with E-state index >= 15 is 0 Å². The number of aliphatic hydroxyl groups is 2.